The van der Waals surface area contributed by atoms with Crippen LogP contribution in [0, 0.1) is 0 Å². The third-order valence-electron chi connectivity index (χ3n) is 1.65. The lowest BCUT2D eigenvalue weighted by Crippen LogP contribution is -2.17. The van der Waals surface area contributed by atoms with Crippen molar-refractivity contribution in [2.45, 2.75) is 33.5 Å². The van der Waals surface area contributed by atoms with Crippen molar-refractivity contribution in [2.24, 2.45) is 0 Å². The maximum Gasteiger partial charge on any atom is 0.161 e. The van der Waals surface area contributed by atoms with E-state index in [2.05, 4.69) is 22.9 Å². The summed E-state index contributed by atoms with van der Waals surface area (Å²) in [6, 6.07) is 0. The minimum absolute atomic E-state index is 0.107. The predicted octanol–water partition coefficient (Wildman–Crippen LogP) is 3.63. The molecule has 0 aliphatic heterocycles. The monoisotopic (exact) mass is 262 g/mol. The molecule has 0 unspecified atom stereocenters. The summed E-state index contributed by atoms with van der Waals surface area (Å²) in [6.07, 6.45) is 4.70. The second kappa shape index (κ2) is 9.44. The van der Waals surface area contributed by atoms with E-state index >= 15 is 0 Å². The SMILES string of the molecule is CCOC(C/C(C)=C/C=C/Br)OCC. The van der Waals surface area contributed by atoms with Gasteiger partial charge in [0.05, 0.1) is 0 Å². The van der Waals surface area contributed by atoms with Crippen LogP contribution in [0.5, 0.6) is 0 Å². The predicted molar refractivity (Wildman–Crippen MR) is 63.5 cm³/mol. The van der Waals surface area contributed by atoms with Gasteiger partial charge in [0, 0.05) is 19.6 Å². The number of halogens is 1. The molecule has 82 valence electrons. The average molecular weight is 263 g/mol. The molecule has 0 amide bonds. The summed E-state index contributed by atoms with van der Waals surface area (Å²) in [5, 5.41) is 0. The molecule has 0 heterocycles. The van der Waals surface area contributed by atoms with Gasteiger partial charge in [0.1, 0.15) is 0 Å². The first-order valence-electron chi connectivity index (χ1n) is 4.90. The summed E-state index contributed by atoms with van der Waals surface area (Å²) in [5.74, 6) is 0. The Balaban J connectivity index is 4.00. The van der Waals surface area contributed by atoms with Gasteiger partial charge in [-0.25, -0.2) is 0 Å². The molecule has 0 aromatic carbocycles. The second-order valence-corrected chi connectivity index (χ2v) is 3.40. The fraction of sp³-hybridized carbons (Fsp3) is 0.636. The molecule has 0 saturated heterocycles. The van der Waals surface area contributed by atoms with Crippen LogP contribution in [0.25, 0.3) is 0 Å². The van der Waals surface area contributed by atoms with Crippen LogP contribution in [0.2, 0.25) is 0 Å². The van der Waals surface area contributed by atoms with Crippen LogP contribution in [0.4, 0.5) is 0 Å². The number of hydrogen-bond donors (Lipinski definition) is 0. The van der Waals surface area contributed by atoms with E-state index < -0.39 is 0 Å². The van der Waals surface area contributed by atoms with Crippen molar-refractivity contribution in [3.8, 4) is 0 Å². The third-order valence-corrected chi connectivity index (χ3v) is 1.95. The van der Waals surface area contributed by atoms with Crippen molar-refractivity contribution in [3.63, 3.8) is 0 Å². The van der Waals surface area contributed by atoms with E-state index in [-0.39, 0.29) is 6.29 Å². The summed E-state index contributed by atoms with van der Waals surface area (Å²) in [4.78, 5) is 1.83. The van der Waals surface area contributed by atoms with E-state index in [0.717, 1.165) is 6.42 Å². The fourth-order valence-electron chi connectivity index (χ4n) is 1.07. The molecule has 0 saturated carbocycles. The van der Waals surface area contributed by atoms with Gasteiger partial charge in [0.2, 0.25) is 0 Å². The molecule has 2 nitrogen and oxygen atoms in total. The molecule has 0 spiro atoms. The lowest BCUT2D eigenvalue weighted by Gasteiger charge is -2.16. The van der Waals surface area contributed by atoms with E-state index in [4.69, 9.17) is 9.47 Å². The fourth-order valence-corrected chi connectivity index (χ4v) is 1.22. The first-order valence-corrected chi connectivity index (χ1v) is 5.81. The highest BCUT2D eigenvalue weighted by atomic mass is 79.9. The molecule has 3 heteroatoms. The molecule has 0 aliphatic carbocycles. The van der Waals surface area contributed by atoms with Gasteiger partial charge in [-0.15, -0.1) is 0 Å². The molecule has 0 aromatic heterocycles. The van der Waals surface area contributed by atoms with Crippen LogP contribution in [-0.2, 0) is 9.47 Å². The Hall–Kier alpha value is -0.120. The van der Waals surface area contributed by atoms with Crippen LogP contribution in [0.15, 0.2) is 22.7 Å². The average Bonchev–Trinajstić information content (AvgIpc) is 2.15. The molecule has 0 aromatic rings. The number of allylic oxidation sites excluding steroid dienone is 2. The van der Waals surface area contributed by atoms with Crippen molar-refractivity contribution < 1.29 is 9.47 Å². The molecule has 14 heavy (non-hydrogen) atoms. The number of ether oxygens (including phenoxy) is 2. The highest BCUT2D eigenvalue weighted by molar-refractivity contribution is 9.11. The van der Waals surface area contributed by atoms with E-state index in [1.165, 1.54) is 5.57 Å². The van der Waals surface area contributed by atoms with Gasteiger partial charge in [0.15, 0.2) is 6.29 Å². The smallest absolute Gasteiger partial charge is 0.161 e. The summed E-state index contributed by atoms with van der Waals surface area (Å²) in [7, 11) is 0. The molecular weight excluding hydrogens is 244 g/mol. The van der Waals surface area contributed by atoms with Crippen molar-refractivity contribution in [1.82, 2.24) is 0 Å². The minimum Gasteiger partial charge on any atom is -0.353 e. The van der Waals surface area contributed by atoms with Crippen LogP contribution >= 0.6 is 15.9 Å². The molecule has 0 atom stereocenters. The summed E-state index contributed by atoms with van der Waals surface area (Å²) in [5.41, 5.74) is 1.24. The van der Waals surface area contributed by atoms with Crippen LogP contribution in [0.3, 0.4) is 0 Å². The largest absolute Gasteiger partial charge is 0.353 e. The van der Waals surface area contributed by atoms with Gasteiger partial charge < -0.3 is 9.47 Å². The van der Waals surface area contributed by atoms with Crippen LogP contribution in [0.1, 0.15) is 27.2 Å². The number of rotatable bonds is 7. The first-order chi connectivity index (χ1) is 6.74. The van der Waals surface area contributed by atoms with Crippen molar-refractivity contribution >= 4 is 15.9 Å². The Kier molecular flexibility index (Phi) is 9.35. The molecule has 0 bridgehead atoms. The van der Waals surface area contributed by atoms with E-state index in [9.17, 15) is 0 Å². The van der Waals surface area contributed by atoms with Crippen LogP contribution < -0.4 is 0 Å². The molecular formula is C11H19BrO2. The lowest BCUT2D eigenvalue weighted by atomic mass is 10.2. The zero-order chi connectivity index (χ0) is 10.8. The maximum atomic E-state index is 5.43. The van der Waals surface area contributed by atoms with Gasteiger partial charge in [0.25, 0.3) is 0 Å². The third kappa shape index (κ3) is 7.30. The highest BCUT2D eigenvalue weighted by Crippen LogP contribution is 2.09. The summed E-state index contributed by atoms with van der Waals surface area (Å²) < 4.78 is 10.9. The Morgan fingerprint density at radius 2 is 1.86 bits per heavy atom. The normalized spacial score (nSPS) is 13.1. The summed E-state index contributed by atoms with van der Waals surface area (Å²) >= 11 is 3.22. The Bertz CT molecular complexity index is 182. The molecule has 0 aliphatic rings. The zero-order valence-corrected chi connectivity index (χ0v) is 10.7. The molecule has 0 rings (SSSR count). The van der Waals surface area contributed by atoms with Gasteiger partial charge in [-0.2, -0.15) is 0 Å². The van der Waals surface area contributed by atoms with Crippen molar-refractivity contribution in [1.29, 1.82) is 0 Å². The Labute approximate surface area is 95.1 Å². The zero-order valence-electron chi connectivity index (χ0n) is 9.13. The van der Waals surface area contributed by atoms with Crippen molar-refractivity contribution in [3.05, 3.63) is 22.7 Å². The number of hydrogen-bond acceptors (Lipinski definition) is 2. The maximum absolute atomic E-state index is 5.43. The first kappa shape index (κ1) is 13.9. The summed E-state index contributed by atoms with van der Waals surface area (Å²) in [6.45, 7) is 7.39. The van der Waals surface area contributed by atoms with Gasteiger partial charge in [-0.1, -0.05) is 33.7 Å². The Morgan fingerprint density at radius 1 is 1.29 bits per heavy atom. The standard InChI is InChI=1S/C11H19BrO2/c1-4-13-11(14-5-2)9-10(3)7-6-8-12/h6-8,11H,4-5,9H2,1-3H3/b8-6+,10-7+. The van der Waals surface area contributed by atoms with E-state index in [0.29, 0.717) is 13.2 Å². The van der Waals surface area contributed by atoms with Gasteiger partial charge in [-0.05, 0) is 25.8 Å². The molecule has 0 radical (unpaired) electrons. The Morgan fingerprint density at radius 3 is 2.29 bits per heavy atom. The topological polar surface area (TPSA) is 18.5 Å². The quantitative estimate of drug-likeness (QED) is 0.516. The van der Waals surface area contributed by atoms with Crippen molar-refractivity contribution in [2.75, 3.05) is 13.2 Å². The second-order valence-electron chi connectivity index (χ2n) is 2.88. The lowest BCUT2D eigenvalue weighted by molar-refractivity contribution is -0.134. The van der Waals surface area contributed by atoms with Gasteiger partial charge >= 0.3 is 0 Å². The van der Waals surface area contributed by atoms with E-state index in [1.54, 1.807) is 0 Å². The van der Waals surface area contributed by atoms with Crippen LogP contribution in [-0.4, -0.2) is 19.5 Å². The minimum atomic E-state index is -0.107. The van der Waals surface area contributed by atoms with E-state index in [1.807, 2.05) is 31.0 Å². The highest BCUT2D eigenvalue weighted by Gasteiger charge is 2.07. The molecule has 0 fully saturated rings. The van der Waals surface area contributed by atoms with Gasteiger partial charge in [-0.3, -0.25) is 0 Å². The molecule has 0 N–H and O–H groups in total.